The lowest BCUT2D eigenvalue weighted by molar-refractivity contribution is -0.384. The van der Waals surface area contributed by atoms with E-state index in [9.17, 15) is 18.9 Å². The minimum absolute atomic E-state index is 0.0143. The third kappa shape index (κ3) is 3.02. The highest BCUT2D eigenvalue weighted by Gasteiger charge is 2.20. The second kappa shape index (κ2) is 6.69. The molecule has 2 aromatic carbocycles. The standard InChI is InChI=1S/C19H12F2N4O3/c1-11-18(19(23-28-11)12-2-7-15(20)16(21)8-12)17-9-24(10-22-17)13-3-5-14(6-4-13)25(26)27/h2-10H,1H3. The Kier molecular flexibility index (Phi) is 4.19. The van der Waals surface area contributed by atoms with Crippen LogP contribution in [0.25, 0.3) is 28.2 Å². The summed E-state index contributed by atoms with van der Waals surface area (Å²) in [5.74, 6) is -1.47. The minimum Gasteiger partial charge on any atom is -0.360 e. The molecule has 9 heteroatoms. The van der Waals surface area contributed by atoms with Crippen LogP contribution in [0.15, 0.2) is 59.5 Å². The molecule has 0 saturated carbocycles. The Morgan fingerprint density at radius 2 is 1.86 bits per heavy atom. The minimum atomic E-state index is -0.986. The molecule has 0 fully saturated rings. The maximum Gasteiger partial charge on any atom is 0.269 e. The van der Waals surface area contributed by atoms with Gasteiger partial charge in [0.2, 0.25) is 0 Å². The molecule has 28 heavy (non-hydrogen) atoms. The van der Waals surface area contributed by atoms with E-state index in [0.29, 0.717) is 34.0 Å². The molecule has 0 spiro atoms. The van der Waals surface area contributed by atoms with Crippen molar-refractivity contribution in [3.8, 4) is 28.2 Å². The monoisotopic (exact) mass is 382 g/mol. The Labute approximate surface area is 157 Å². The van der Waals surface area contributed by atoms with Gasteiger partial charge < -0.3 is 9.09 Å². The predicted octanol–water partition coefficient (Wildman–Crippen LogP) is 4.69. The van der Waals surface area contributed by atoms with Gasteiger partial charge in [-0.3, -0.25) is 10.1 Å². The second-order valence-corrected chi connectivity index (χ2v) is 6.03. The molecule has 4 rings (SSSR count). The van der Waals surface area contributed by atoms with Gasteiger partial charge in [0.15, 0.2) is 11.6 Å². The van der Waals surface area contributed by atoms with E-state index in [1.807, 2.05) is 0 Å². The summed E-state index contributed by atoms with van der Waals surface area (Å²) in [5.41, 5.74) is 2.41. The van der Waals surface area contributed by atoms with Crippen molar-refractivity contribution in [2.24, 2.45) is 0 Å². The highest BCUT2D eigenvalue weighted by molar-refractivity contribution is 5.80. The number of halogens is 2. The van der Waals surface area contributed by atoms with Crippen molar-refractivity contribution >= 4 is 5.69 Å². The van der Waals surface area contributed by atoms with Gasteiger partial charge in [0.25, 0.3) is 5.69 Å². The number of benzene rings is 2. The maximum absolute atomic E-state index is 13.6. The van der Waals surface area contributed by atoms with Crippen molar-refractivity contribution in [3.05, 3.63) is 82.5 Å². The molecule has 0 bridgehead atoms. The van der Waals surface area contributed by atoms with Crippen molar-refractivity contribution < 1.29 is 18.2 Å². The topological polar surface area (TPSA) is 87.0 Å². The van der Waals surface area contributed by atoms with E-state index in [0.717, 1.165) is 12.1 Å². The molecule has 2 heterocycles. The van der Waals surface area contributed by atoms with Gasteiger partial charge in [-0.25, -0.2) is 13.8 Å². The number of nitrogens with zero attached hydrogens (tertiary/aromatic N) is 4. The van der Waals surface area contributed by atoms with Crippen LogP contribution in [0, 0.1) is 28.7 Å². The number of aryl methyl sites for hydroxylation is 1. The van der Waals surface area contributed by atoms with Crippen molar-refractivity contribution in [2.75, 3.05) is 0 Å². The van der Waals surface area contributed by atoms with Gasteiger partial charge in [0.05, 0.1) is 22.5 Å². The van der Waals surface area contributed by atoms with Crippen molar-refractivity contribution in [1.29, 1.82) is 0 Å². The van der Waals surface area contributed by atoms with Gasteiger partial charge in [-0.15, -0.1) is 0 Å². The fourth-order valence-electron chi connectivity index (χ4n) is 2.85. The number of nitro groups is 1. The summed E-state index contributed by atoms with van der Waals surface area (Å²) in [6.07, 6.45) is 3.24. The van der Waals surface area contributed by atoms with Crippen LogP contribution in [-0.4, -0.2) is 19.6 Å². The van der Waals surface area contributed by atoms with E-state index in [2.05, 4.69) is 10.1 Å². The summed E-state index contributed by atoms with van der Waals surface area (Å²) >= 11 is 0. The molecule has 0 aliphatic heterocycles. The summed E-state index contributed by atoms with van der Waals surface area (Å²) in [6, 6.07) is 9.46. The highest BCUT2D eigenvalue weighted by atomic mass is 19.2. The maximum atomic E-state index is 13.6. The van der Waals surface area contributed by atoms with Crippen LogP contribution < -0.4 is 0 Å². The van der Waals surface area contributed by atoms with Crippen LogP contribution in [0.1, 0.15) is 5.76 Å². The second-order valence-electron chi connectivity index (χ2n) is 6.03. The third-order valence-corrected chi connectivity index (χ3v) is 4.25. The quantitative estimate of drug-likeness (QED) is 0.377. The fourth-order valence-corrected chi connectivity index (χ4v) is 2.85. The Morgan fingerprint density at radius 3 is 2.54 bits per heavy atom. The van der Waals surface area contributed by atoms with Crippen LogP contribution in [0.5, 0.6) is 0 Å². The number of hydrogen-bond acceptors (Lipinski definition) is 5. The van der Waals surface area contributed by atoms with E-state index in [4.69, 9.17) is 4.52 Å². The SMILES string of the molecule is Cc1onc(-c2ccc(F)c(F)c2)c1-c1cn(-c2ccc([N+](=O)[O-])cc2)cn1. The fraction of sp³-hybridized carbons (Fsp3) is 0.0526. The molecule has 140 valence electrons. The average molecular weight is 382 g/mol. The van der Waals surface area contributed by atoms with Crippen LogP contribution in [0.2, 0.25) is 0 Å². The van der Waals surface area contributed by atoms with E-state index in [-0.39, 0.29) is 5.69 Å². The molecule has 0 N–H and O–H groups in total. The lowest BCUT2D eigenvalue weighted by Gasteiger charge is -2.02. The van der Waals surface area contributed by atoms with Gasteiger partial charge in [0.1, 0.15) is 11.5 Å². The number of hydrogen-bond donors (Lipinski definition) is 0. The average Bonchev–Trinajstić information content (AvgIpc) is 3.30. The Balaban J connectivity index is 1.74. The van der Waals surface area contributed by atoms with Crippen LogP contribution in [0.3, 0.4) is 0 Å². The van der Waals surface area contributed by atoms with Crippen LogP contribution in [-0.2, 0) is 0 Å². The molecule has 0 amide bonds. The smallest absolute Gasteiger partial charge is 0.269 e. The lowest BCUT2D eigenvalue weighted by Crippen LogP contribution is -1.92. The zero-order valence-corrected chi connectivity index (χ0v) is 14.5. The molecule has 0 atom stereocenters. The van der Waals surface area contributed by atoms with Crippen LogP contribution in [0.4, 0.5) is 14.5 Å². The molecule has 7 nitrogen and oxygen atoms in total. The van der Waals surface area contributed by atoms with Crippen molar-refractivity contribution in [2.45, 2.75) is 6.92 Å². The molecule has 0 aliphatic rings. The molecule has 4 aromatic rings. The zero-order valence-electron chi connectivity index (χ0n) is 14.5. The lowest BCUT2D eigenvalue weighted by atomic mass is 10.0. The number of rotatable bonds is 4. The number of nitro benzene ring substituents is 1. The van der Waals surface area contributed by atoms with Gasteiger partial charge in [-0.1, -0.05) is 5.16 Å². The van der Waals surface area contributed by atoms with Crippen LogP contribution >= 0.6 is 0 Å². The normalized spacial score (nSPS) is 11.0. The number of imidazole rings is 1. The first kappa shape index (κ1) is 17.5. The molecular weight excluding hydrogens is 370 g/mol. The first-order valence-electron chi connectivity index (χ1n) is 8.15. The van der Waals surface area contributed by atoms with E-state index in [1.54, 1.807) is 29.8 Å². The zero-order chi connectivity index (χ0) is 19.8. The van der Waals surface area contributed by atoms with E-state index >= 15 is 0 Å². The summed E-state index contributed by atoms with van der Waals surface area (Å²) in [5, 5.41) is 14.7. The summed E-state index contributed by atoms with van der Waals surface area (Å²) in [7, 11) is 0. The molecule has 0 saturated heterocycles. The molecule has 0 aliphatic carbocycles. The summed E-state index contributed by atoms with van der Waals surface area (Å²) in [4.78, 5) is 14.6. The molecule has 2 aromatic heterocycles. The summed E-state index contributed by atoms with van der Waals surface area (Å²) in [6.45, 7) is 1.69. The van der Waals surface area contributed by atoms with E-state index in [1.165, 1.54) is 24.5 Å². The van der Waals surface area contributed by atoms with Crippen molar-refractivity contribution in [3.63, 3.8) is 0 Å². The number of non-ortho nitro benzene ring substituents is 1. The Bertz CT molecular complexity index is 1180. The van der Waals surface area contributed by atoms with Crippen molar-refractivity contribution in [1.82, 2.24) is 14.7 Å². The van der Waals surface area contributed by atoms with Gasteiger partial charge in [0, 0.05) is 29.6 Å². The van der Waals surface area contributed by atoms with Gasteiger partial charge in [-0.2, -0.15) is 0 Å². The first-order chi connectivity index (χ1) is 13.4. The molecular formula is C19H12F2N4O3. The molecule has 0 radical (unpaired) electrons. The van der Waals surface area contributed by atoms with E-state index < -0.39 is 16.6 Å². The summed E-state index contributed by atoms with van der Waals surface area (Å²) < 4.78 is 33.8. The highest BCUT2D eigenvalue weighted by Crippen LogP contribution is 2.34. The third-order valence-electron chi connectivity index (χ3n) is 4.25. The Hall–Kier alpha value is -3.88. The number of aromatic nitrogens is 3. The first-order valence-corrected chi connectivity index (χ1v) is 8.15. The van der Waals surface area contributed by atoms with Gasteiger partial charge >= 0.3 is 0 Å². The predicted molar refractivity (Wildman–Crippen MR) is 95.8 cm³/mol. The Morgan fingerprint density at radius 1 is 1.11 bits per heavy atom. The molecule has 0 unspecified atom stereocenters. The van der Waals surface area contributed by atoms with Gasteiger partial charge in [-0.05, 0) is 37.3 Å². The largest absolute Gasteiger partial charge is 0.360 e.